The van der Waals surface area contributed by atoms with Crippen molar-refractivity contribution >= 4 is 17.3 Å². The maximum Gasteiger partial charge on any atom is 0.276 e. The predicted molar refractivity (Wildman–Crippen MR) is 77.7 cm³/mol. The number of benzene rings is 1. The molecule has 6 heteroatoms. The molecule has 0 spiro atoms. The van der Waals surface area contributed by atoms with Crippen LogP contribution in [0.3, 0.4) is 0 Å². The Bertz CT molecular complexity index is 481. The Kier molecular flexibility index (Phi) is 5.34. The van der Waals surface area contributed by atoms with Gasteiger partial charge in [-0.2, -0.15) is 0 Å². The Labute approximate surface area is 123 Å². The predicted octanol–water partition coefficient (Wildman–Crippen LogP) is 3.42. The summed E-state index contributed by atoms with van der Waals surface area (Å²) in [5.41, 5.74) is 6.51. The average Bonchev–Trinajstić information content (AvgIpc) is 2.62. The van der Waals surface area contributed by atoms with E-state index in [0.717, 1.165) is 25.7 Å². The molecular formula is C14H19ClN2O3. The van der Waals surface area contributed by atoms with Gasteiger partial charge in [0.1, 0.15) is 0 Å². The van der Waals surface area contributed by atoms with Crippen LogP contribution in [-0.4, -0.2) is 17.1 Å². The number of hydrogen-bond acceptors (Lipinski definition) is 4. The summed E-state index contributed by atoms with van der Waals surface area (Å²) in [6.07, 6.45) is 5.17. The van der Waals surface area contributed by atoms with Gasteiger partial charge in [0.05, 0.1) is 28.2 Å². The Morgan fingerprint density at radius 2 is 2.10 bits per heavy atom. The van der Waals surface area contributed by atoms with Crippen molar-refractivity contribution in [2.75, 3.05) is 0 Å². The molecule has 20 heavy (non-hydrogen) atoms. The van der Waals surface area contributed by atoms with Gasteiger partial charge < -0.3 is 10.5 Å². The second-order valence-electron chi connectivity index (χ2n) is 5.15. The fourth-order valence-corrected chi connectivity index (χ4v) is 2.78. The van der Waals surface area contributed by atoms with Crippen LogP contribution in [0.2, 0.25) is 5.02 Å². The molecule has 1 aromatic rings. The molecule has 0 radical (unpaired) electrons. The van der Waals surface area contributed by atoms with Crippen molar-refractivity contribution < 1.29 is 9.66 Å². The summed E-state index contributed by atoms with van der Waals surface area (Å²) in [5.74, 6) is 0. The standard InChI is InChI=1S/C14H19ClN2O3/c15-11-5-4-7-13(17(18)19)10(11)9-20-14-8-3-1-2-6-12(14)16/h4-5,7,12,14H,1-3,6,8-9,16H2. The summed E-state index contributed by atoms with van der Waals surface area (Å²) in [5, 5.41) is 11.4. The van der Waals surface area contributed by atoms with Crippen molar-refractivity contribution in [1.82, 2.24) is 0 Å². The number of rotatable bonds is 4. The zero-order chi connectivity index (χ0) is 14.5. The average molecular weight is 299 g/mol. The number of nitrogens with two attached hydrogens (primary N) is 1. The number of ether oxygens (including phenoxy) is 1. The van der Waals surface area contributed by atoms with Gasteiger partial charge in [-0.3, -0.25) is 10.1 Å². The third kappa shape index (κ3) is 3.69. The maximum atomic E-state index is 11.0. The van der Waals surface area contributed by atoms with E-state index in [9.17, 15) is 10.1 Å². The topological polar surface area (TPSA) is 78.4 Å². The highest BCUT2D eigenvalue weighted by atomic mass is 35.5. The Morgan fingerprint density at radius 1 is 1.35 bits per heavy atom. The Morgan fingerprint density at radius 3 is 2.85 bits per heavy atom. The molecule has 2 N–H and O–H groups in total. The Balaban J connectivity index is 2.08. The van der Waals surface area contributed by atoms with Crippen molar-refractivity contribution in [2.24, 2.45) is 5.73 Å². The van der Waals surface area contributed by atoms with E-state index in [2.05, 4.69) is 0 Å². The molecule has 2 rings (SSSR count). The van der Waals surface area contributed by atoms with E-state index in [-0.39, 0.29) is 24.4 Å². The van der Waals surface area contributed by atoms with Gasteiger partial charge in [-0.25, -0.2) is 0 Å². The fraction of sp³-hybridized carbons (Fsp3) is 0.571. The van der Waals surface area contributed by atoms with E-state index < -0.39 is 4.92 Å². The van der Waals surface area contributed by atoms with Gasteiger partial charge >= 0.3 is 0 Å². The summed E-state index contributed by atoms with van der Waals surface area (Å²) >= 11 is 6.04. The van der Waals surface area contributed by atoms with Crippen molar-refractivity contribution in [3.8, 4) is 0 Å². The molecule has 1 aliphatic rings. The van der Waals surface area contributed by atoms with Crippen LogP contribution in [0.1, 0.15) is 37.7 Å². The molecule has 2 atom stereocenters. The van der Waals surface area contributed by atoms with E-state index in [1.807, 2.05) is 0 Å². The summed E-state index contributed by atoms with van der Waals surface area (Å²) in [6.45, 7) is 0.133. The highest BCUT2D eigenvalue weighted by Crippen LogP contribution is 2.28. The molecule has 1 aliphatic carbocycles. The molecule has 0 heterocycles. The van der Waals surface area contributed by atoms with Gasteiger partial charge in [-0.15, -0.1) is 0 Å². The second-order valence-corrected chi connectivity index (χ2v) is 5.55. The number of halogens is 1. The molecule has 1 saturated carbocycles. The third-order valence-electron chi connectivity index (χ3n) is 3.74. The number of nitro groups is 1. The number of nitro benzene ring substituents is 1. The summed E-state index contributed by atoms with van der Waals surface area (Å²) in [4.78, 5) is 10.6. The van der Waals surface area contributed by atoms with Crippen molar-refractivity contribution in [2.45, 2.75) is 50.9 Å². The minimum absolute atomic E-state index is 0.000284. The molecule has 110 valence electrons. The molecule has 1 fully saturated rings. The lowest BCUT2D eigenvalue weighted by molar-refractivity contribution is -0.386. The summed E-state index contributed by atoms with van der Waals surface area (Å²) in [6, 6.07) is 4.65. The van der Waals surface area contributed by atoms with Crippen molar-refractivity contribution in [3.63, 3.8) is 0 Å². The molecule has 0 amide bonds. The molecule has 0 aliphatic heterocycles. The SMILES string of the molecule is NC1CCCCCC1OCc1c(Cl)cccc1[N+](=O)[O-]. The first-order valence-corrected chi connectivity index (χ1v) is 7.26. The minimum atomic E-state index is -0.433. The molecule has 0 bridgehead atoms. The normalized spacial score (nSPS) is 23.3. The first-order valence-electron chi connectivity index (χ1n) is 6.88. The zero-order valence-electron chi connectivity index (χ0n) is 11.3. The zero-order valence-corrected chi connectivity index (χ0v) is 12.0. The van der Waals surface area contributed by atoms with Crippen LogP contribution in [-0.2, 0) is 11.3 Å². The van der Waals surface area contributed by atoms with Gasteiger partial charge in [0.2, 0.25) is 0 Å². The molecule has 2 unspecified atom stereocenters. The highest BCUT2D eigenvalue weighted by molar-refractivity contribution is 6.31. The van der Waals surface area contributed by atoms with Crippen LogP contribution in [0, 0.1) is 10.1 Å². The van der Waals surface area contributed by atoms with Crippen LogP contribution in [0.4, 0.5) is 5.69 Å². The summed E-state index contributed by atoms with van der Waals surface area (Å²) < 4.78 is 5.82. The first kappa shape index (κ1) is 15.2. The number of hydrogen-bond donors (Lipinski definition) is 1. The summed E-state index contributed by atoms with van der Waals surface area (Å²) in [7, 11) is 0. The molecule has 5 nitrogen and oxygen atoms in total. The third-order valence-corrected chi connectivity index (χ3v) is 4.09. The van der Waals surface area contributed by atoms with Crippen molar-refractivity contribution in [1.29, 1.82) is 0 Å². The van der Waals surface area contributed by atoms with Crippen LogP contribution in [0.5, 0.6) is 0 Å². The van der Waals surface area contributed by atoms with E-state index >= 15 is 0 Å². The lowest BCUT2D eigenvalue weighted by Crippen LogP contribution is -2.35. The number of nitrogens with zero attached hydrogens (tertiary/aromatic N) is 1. The smallest absolute Gasteiger partial charge is 0.276 e. The first-order chi connectivity index (χ1) is 9.59. The van der Waals surface area contributed by atoms with Gasteiger partial charge in [-0.1, -0.05) is 36.9 Å². The fourth-order valence-electron chi connectivity index (χ4n) is 2.56. The van der Waals surface area contributed by atoms with Crippen LogP contribution in [0.15, 0.2) is 18.2 Å². The molecule has 1 aromatic carbocycles. The van der Waals surface area contributed by atoms with Gasteiger partial charge in [0.25, 0.3) is 5.69 Å². The Hall–Kier alpha value is -1.17. The lowest BCUT2D eigenvalue weighted by atomic mass is 10.1. The maximum absolute atomic E-state index is 11.0. The second kappa shape index (κ2) is 7.02. The lowest BCUT2D eigenvalue weighted by Gasteiger charge is -2.22. The minimum Gasteiger partial charge on any atom is -0.372 e. The van der Waals surface area contributed by atoms with Gasteiger partial charge in [-0.05, 0) is 18.9 Å². The van der Waals surface area contributed by atoms with Crippen LogP contribution < -0.4 is 5.73 Å². The van der Waals surface area contributed by atoms with E-state index in [1.54, 1.807) is 12.1 Å². The van der Waals surface area contributed by atoms with Gasteiger partial charge in [0, 0.05) is 12.1 Å². The molecule has 0 aromatic heterocycles. The monoisotopic (exact) mass is 298 g/mol. The van der Waals surface area contributed by atoms with Crippen LogP contribution in [0.25, 0.3) is 0 Å². The molecule has 0 saturated heterocycles. The van der Waals surface area contributed by atoms with E-state index in [1.165, 1.54) is 12.5 Å². The van der Waals surface area contributed by atoms with Gasteiger partial charge in [0.15, 0.2) is 0 Å². The molecular weight excluding hydrogens is 280 g/mol. The largest absolute Gasteiger partial charge is 0.372 e. The van der Waals surface area contributed by atoms with Crippen molar-refractivity contribution in [3.05, 3.63) is 38.9 Å². The van der Waals surface area contributed by atoms with Crippen LogP contribution >= 0.6 is 11.6 Å². The quantitative estimate of drug-likeness (QED) is 0.525. The van der Waals surface area contributed by atoms with E-state index in [4.69, 9.17) is 22.1 Å². The van der Waals surface area contributed by atoms with E-state index in [0.29, 0.717) is 10.6 Å². The highest BCUT2D eigenvalue weighted by Gasteiger charge is 2.23.